The van der Waals surface area contributed by atoms with Gasteiger partial charge in [-0.05, 0) is 24.3 Å². The summed E-state index contributed by atoms with van der Waals surface area (Å²) in [7, 11) is -3.28. The van der Waals surface area contributed by atoms with Gasteiger partial charge < -0.3 is 5.32 Å². The molecule has 0 saturated carbocycles. The van der Waals surface area contributed by atoms with E-state index in [1.54, 1.807) is 18.5 Å². The van der Waals surface area contributed by atoms with Gasteiger partial charge >= 0.3 is 0 Å². The van der Waals surface area contributed by atoms with Gasteiger partial charge in [-0.15, -0.1) is 0 Å². The van der Waals surface area contributed by atoms with E-state index >= 15 is 0 Å². The molecule has 94 valence electrons. The highest BCUT2D eigenvalue weighted by molar-refractivity contribution is 7.90. The van der Waals surface area contributed by atoms with Crippen LogP contribution in [0.1, 0.15) is 5.69 Å². The first-order valence-corrected chi connectivity index (χ1v) is 7.25. The van der Waals surface area contributed by atoms with Gasteiger partial charge in [-0.1, -0.05) is 6.07 Å². The Balaban J connectivity index is 2.20. The highest BCUT2D eigenvalue weighted by atomic mass is 32.2. The maximum Gasteiger partial charge on any atom is 0.179 e. The maximum absolute atomic E-state index is 11.6. The zero-order valence-electron chi connectivity index (χ0n) is 9.87. The van der Waals surface area contributed by atoms with Crippen molar-refractivity contribution in [1.29, 1.82) is 0 Å². The van der Waals surface area contributed by atoms with Crippen LogP contribution in [-0.4, -0.2) is 24.6 Å². The number of hydrogen-bond donors (Lipinski definition) is 1. The van der Waals surface area contributed by atoms with Crippen molar-refractivity contribution in [2.24, 2.45) is 0 Å². The monoisotopic (exact) mass is 263 g/mol. The molecule has 2 rings (SSSR count). The minimum Gasteiger partial charge on any atom is -0.363 e. The Hall–Kier alpha value is -1.95. The summed E-state index contributed by atoms with van der Waals surface area (Å²) in [5.41, 5.74) is 0.822. The molecule has 0 fully saturated rings. The van der Waals surface area contributed by atoms with Crippen molar-refractivity contribution in [1.82, 2.24) is 9.97 Å². The number of rotatable bonds is 4. The maximum atomic E-state index is 11.6. The van der Waals surface area contributed by atoms with E-state index in [1.807, 2.05) is 18.2 Å². The summed E-state index contributed by atoms with van der Waals surface area (Å²) < 4.78 is 23.1. The Morgan fingerprint density at radius 3 is 2.56 bits per heavy atom. The first-order valence-electron chi connectivity index (χ1n) is 5.36. The van der Waals surface area contributed by atoms with Gasteiger partial charge in [-0.3, -0.25) is 4.98 Å². The van der Waals surface area contributed by atoms with Gasteiger partial charge in [-0.25, -0.2) is 13.4 Å². The van der Waals surface area contributed by atoms with Crippen molar-refractivity contribution >= 4 is 15.7 Å². The summed E-state index contributed by atoms with van der Waals surface area (Å²) in [5, 5.41) is 2.98. The quantitative estimate of drug-likeness (QED) is 0.905. The Bertz CT molecular complexity index is 627. The Morgan fingerprint density at radius 2 is 1.89 bits per heavy atom. The molecule has 5 nitrogen and oxygen atoms in total. The Kier molecular flexibility index (Phi) is 3.57. The second-order valence-corrected chi connectivity index (χ2v) is 5.78. The Labute approximate surface area is 106 Å². The molecular formula is C12H13N3O2S. The largest absolute Gasteiger partial charge is 0.363 e. The van der Waals surface area contributed by atoms with E-state index in [0.717, 1.165) is 11.9 Å². The minimum absolute atomic E-state index is 0.195. The number of nitrogens with one attached hydrogen (secondary N) is 1. The van der Waals surface area contributed by atoms with E-state index < -0.39 is 9.84 Å². The number of sulfone groups is 1. The van der Waals surface area contributed by atoms with Crippen LogP contribution < -0.4 is 5.32 Å². The second-order valence-electron chi connectivity index (χ2n) is 3.80. The normalized spacial score (nSPS) is 11.2. The van der Waals surface area contributed by atoms with Crippen LogP contribution in [0, 0.1) is 0 Å². The van der Waals surface area contributed by atoms with Crippen molar-refractivity contribution in [2.75, 3.05) is 11.6 Å². The molecule has 2 heterocycles. The number of hydrogen-bond acceptors (Lipinski definition) is 5. The van der Waals surface area contributed by atoms with Crippen molar-refractivity contribution < 1.29 is 8.42 Å². The fraction of sp³-hybridized carbons (Fsp3) is 0.167. The van der Waals surface area contributed by atoms with Gasteiger partial charge in [-0.2, -0.15) is 0 Å². The van der Waals surface area contributed by atoms with E-state index in [4.69, 9.17) is 0 Å². The molecule has 0 atom stereocenters. The fourth-order valence-electron chi connectivity index (χ4n) is 1.50. The van der Waals surface area contributed by atoms with Crippen molar-refractivity contribution in [3.8, 4) is 0 Å². The zero-order valence-corrected chi connectivity index (χ0v) is 10.7. The first-order chi connectivity index (χ1) is 8.57. The molecule has 18 heavy (non-hydrogen) atoms. The van der Waals surface area contributed by atoms with Crippen LogP contribution in [0.3, 0.4) is 0 Å². The van der Waals surface area contributed by atoms with Crippen LogP contribution >= 0.6 is 0 Å². The van der Waals surface area contributed by atoms with Crippen molar-refractivity contribution in [3.63, 3.8) is 0 Å². The third-order valence-electron chi connectivity index (χ3n) is 2.33. The van der Waals surface area contributed by atoms with Crippen molar-refractivity contribution in [2.45, 2.75) is 11.4 Å². The lowest BCUT2D eigenvalue weighted by Gasteiger charge is -2.08. The third kappa shape index (κ3) is 3.04. The zero-order chi connectivity index (χ0) is 13.0. The van der Waals surface area contributed by atoms with Crippen LogP contribution in [-0.2, 0) is 16.4 Å². The van der Waals surface area contributed by atoms with E-state index in [1.165, 1.54) is 6.07 Å². The lowest BCUT2D eigenvalue weighted by molar-refractivity contribution is 0.601. The molecule has 0 saturated heterocycles. The number of anilines is 1. The number of aromatic nitrogens is 2. The average Bonchev–Trinajstić information content (AvgIpc) is 2.37. The standard InChI is InChI=1S/C12H13N3O2S/c1-18(16,17)11-6-4-8-14-12(11)15-9-10-5-2-3-7-13-10/h2-8H,9H2,1H3,(H,14,15). The van der Waals surface area contributed by atoms with Gasteiger partial charge in [0.05, 0.1) is 12.2 Å². The first kappa shape index (κ1) is 12.5. The molecule has 6 heteroatoms. The van der Waals surface area contributed by atoms with Crippen LogP contribution in [0.25, 0.3) is 0 Å². The molecule has 0 aromatic carbocycles. The lowest BCUT2D eigenvalue weighted by Crippen LogP contribution is -2.08. The van der Waals surface area contributed by atoms with Crippen LogP contribution in [0.4, 0.5) is 5.82 Å². The van der Waals surface area contributed by atoms with Gasteiger partial charge in [0, 0.05) is 18.6 Å². The summed E-state index contributed by atoms with van der Waals surface area (Å²) in [4.78, 5) is 8.38. The molecular weight excluding hydrogens is 250 g/mol. The van der Waals surface area contributed by atoms with E-state index in [-0.39, 0.29) is 4.90 Å². The fourth-order valence-corrected chi connectivity index (χ4v) is 2.30. The lowest BCUT2D eigenvalue weighted by atomic mass is 10.3. The minimum atomic E-state index is -3.28. The summed E-state index contributed by atoms with van der Waals surface area (Å²) in [6.45, 7) is 0.431. The molecule has 0 radical (unpaired) electrons. The van der Waals surface area contributed by atoms with Crippen LogP contribution in [0.15, 0.2) is 47.6 Å². The molecule has 0 aliphatic rings. The molecule has 0 unspecified atom stereocenters. The van der Waals surface area contributed by atoms with Gasteiger partial charge in [0.15, 0.2) is 9.84 Å². The molecule has 0 amide bonds. The second kappa shape index (κ2) is 5.14. The van der Waals surface area contributed by atoms with Gasteiger partial charge in [0.1, 0.15) is 10.7 Å². The summed E-state index contributed by atoms with van der Waals surface area (Å²) in [5.74, 6) is 0.352. The molecule has 0 aliphatic carbocycles. The highest BCUT2D eigenvalue weighted by Crippen LogP contribution is 2.18. The Morgan fingerprint density at radius 1 is 1.11 bits per heavy atom. The summed E-state index contributed by atoms with van der Waals surface area (Å²) in [6.07, 6.45) is 4.40. The van der Waals surface area contributed by atoms with E-state index in [0.29, 0.717) is 12.4 Å². The summed E-state index contributed by atoms with van der Waals surface area (Å²) >= 11 is 0. The number of pyridine rings is 2. The molecule has 0 spiro atoms. The SMILES string of the molecule is CS(=O)(=O)c1cccnc1NCc1ccccn1. The smallest absolute Gasteiger partial charge is 0.179 e. The number of nitrogens with zero attached hydrogens (tertiary/aromatic N) is 2. The highest BCUT2D eigenvalue weighted by Gasteiger charge is 2.13. The van der Waals surface area contributed by atoms with Gasteiger partial charge in [0.25, 0.3) is 0 Å². The molecule has 0 bridgehead atoms. The van der Waals surface area contributed by atoms with Crippen molar-refractivity contribution in [3.05, 3.63) is 48.4 Å². The molecule has 2 aromatic rings. The van der Waals surface area contributed by atoms with Gasteiger partial charge in [0.2, 0.25) is 0 Å². The van der Waals surface area contributed by atoms with Crippen LogP contribution in [0.5, 0.6) is 0 Å². The molecule has 0 aliphatic heterocycles. The molecule has 1 N–H and O–H groups in total. The third-order valence-corrected chi connectivity index (χ3v) is 3.46. The predicted molar refractivity (Wildman–Crippen MR) is 68.9 cm³/mol. The van der Waals surface area contributed by atoms with Crippen LogP contribution in [0.2, 0.25) is 0 Å². The molecule has 2 aromatic heterocycles. The summed E-state index contributed by atoms with van der Waals surface area (Å²) in [6, 6.07) is 8.69. The predicted octanol–water partition coefficient (Wildman–Crippen LogP) is 1.49. The average molecular weight is 263 g/mol. The topological polar surface area (TPSA) is 72.0 Å². The van der Waals surface area contributed by atoms with E-state index in [2.05, 4.69) is 15.3 Å². The van der Waals surface area contributed by atoms with E-state index in [9.17, 15) is 8.42 Å².